The maximum atomic E-state index is 10.6. The first kappa shape index (κ1) is 33.6. The normalized spacial score (nSPS) is 13.8. The van der Waals surface area contributed by atoms with Crippen LogP contribution in [0.1, 0.15) is 22.5 Å². The van der Waals surface area contributed by atoms with Crippen molar-refractivity contribution in [1.29, 1.82) is 0 Å². The maximum absolute atomic E-state index is 10.6. The SMILES string of the molecule is O=C(O)C(F)(F)F.O=C(O)C(F)(F)F.O=[N+]([O-])c1cnc2c(c1)CNCC2.O=[N+]([O-])c1cnc2c(c1)CNCC2. The van der Waals surface area contributed by atoms with E-state index in [9.17, 15) is 46.6 Å². The first-order chi connectivity index (χ1) is 18.4. The molecule has 0 spiro atoms. The van der Waals surface area contributed by atoms with E-state index in [4.69, 9.17) is 19.8 Å². The Balaban J connectivity index is 0.000000280. The van der Waals surface area contributed by atoms with Gasteiger partial charge < -0.3 is 20.8 Å². The average molecular weight is 586 g/mol. The molecule has 2 aliphatic rings. The number of aliphatic carboxylic acids is 2. The molecule has 20 heteroatoms. The van der Waals surface area contributed by atoms with E-state index < -0.39 is 34.1 Å². The molecular weight excluding hydrogens is 566 g/mol. The van der Waals surface area contributed by atoms with Crippen LogP contribution < -0.4 is 10.6 Å². The molecule has 2 aliphatic heterocycles. The summed E-state index contributed by atoms with van der Waals surface area (Å²) in [5.74, 6) is -5.51. The number of rotatable bonds is 2. The van der Waals surface area contributed by atoms with Gasteiger partial charge in [0.1, 0.15) is 12.4 Å². The minimum absolute atomic E-state index is 0.0717. The van der Waals surface area contributed by atoms with Crippen molar-refractivity contribution in [2.24, 2.45) is 0 Å². The number of nitrogens with one attached hydrogen (secondary N) is 2. The molecule has 0 unspecified atom stereocenters. The van der Waals surface area contributed by atoms with E-state index in [1.165, 1.54) is 12.4 Å². The molecule has 4 N–H and O–H groups in total. The molecule has 14 nitrogen and oxygen atoms in total. The van der Waals surface area contributed by atoms with Crippen LogP contribution in [0.25, 0.3) is 0 Å². The minimum Gasteiger partial charge on any atom is -0.475 e. The molecule has 0 fully saturated rings. The number of carboxylic acid groups (broad SMARTS) is 2. The number of carbonyl (C=O) groups is 2. The third-order valence-corrected chi connectivity index (χ3v) is 4.71. The first-order valence-corrected chi connectivity index (χ1v) is 10.7. The lowest BCUT2D eigenvalue weighted by Gasteiger charge is -2.14. The Labute approximate surface area is 219 Å². The molecule has 4 rings (SSSR count). The first-order valence-electron chi connectivity index (χ1n) is 10.7. The zero-order valence-corrected chi connectivity index (χ0v) is 20.0. The van der Waals surface area contributed by atoms with Gasteiger partial charge in [-0.3, -0.25) is 30.2 Å². The van der Waals surface area contributed by atoms with Crippen molar-refractivity contribution in [3.05, 3.63) is 67.3 Å². The largest absolute Gasteiger partial charge is 0.490 e. The van der Waals surface area contributed by atoms with Crippen LogP contribution >= 0.6 is 0 Å². The number of nitro groups is 2. The van der Waals surface area contributed by atoms with Gasteiger partial charge in [0.2, 0.25) is 0 Å². The second-order valence-electron chi connectivity index (χ2n) is 7.57. The number of nitrogens with zero attached hydrogens (tertiary/aromatic N) is 4. The fourth-order valence-electron chi connectivity index (χ4n) is 2.87. The third kappa shape index (κ3) is 11.5. The van der Waals surface area contributed by atoms with Crippen LogP contribution in [0.4, 0.5) is 37.7 Å². The topological polar surface area (TPSA) is 211 Å². The Morgan fingerprint density at radius 3 is 1.30 bits per heavy atom. The Morgan fingerprint density at radius 1 is 0.750 bits per heavy atom. The molecule has 2 aromatic rings. The Bertz CT molecular complexity index is 1130. The zero-order valence-electron chi connectivity index (χ0n) is 20.0. The molecule has 0 aliphatic carbocycles. The Morgan fingerprint density at radius 2 is 1.05 bits per heavy atom. The lowest BCUT2D eigenvalue weighted by molar-refractivity contribution is -0.385. The standard InChI is InChI=1S/2C8H9N3O2.2C2HF3O2/c2*12-11(13)7-3-6-4-9-2-1-8(6)10-5-7;2*3-2(4,5)1(6)7/h2*3,5,9H,1-2,4H2;2*(H,6,7). The summed E-state index contributed by atoms with van der Waals surface area (Å²) < 4.78 is 63.5. The Hall–Kier alpha value is -4.46. The summed E-state index contributed by atoms with van der Waals surface area (Å²) >= 11 is 0. The van der Waals surface area contributed by atoms with Gasteiger partial charge in [0, 0.05) is 62.5 Å². The minimum atomic E-state index is -5.08. The maximum Gasteiger partial charge on any atom is 0.490 e. The van der Waals surface area contributed by atoms with E-state index in [0.717, 1.165) is 48.4 Å². The number of hydrogen-bond acceptors (Lipinski definition) is 10. The number of alkyl halides is 6. The highest BCUT2D eigenvalue weighted by atomic mass is 19.4. The molecule has 4 heterocycles. The number of aromatic nitrogens is 2. The molecule has 0 radical (unpaired) electrons. The van der Waals surface area contributed by atoms with Crippen LogP contribution in [-0.2, 0) is 35.5 Å². The fourth-order valence-corrected chi connectivity index (χ4v) is 2.87. The summed E-state index contributed by atoms with van der Waals surface area (Å²) in [5.41, 5.74) is 3.99. The molecule has 0 amide bonds. The van der Waals surface area contributed by atoms with E-state index in [2.05, 4.69) is 20.6 Å². The second-order valence-corrected chi connectivity index (χ2v) is 7.57. The third-order valence-electron chi connectivity index (χ3n) is 4.71. The van der Waals surface area contributed by atoms with Crippen LogP contribution in [0.5, 0.6) is 0 Å². The van der Waals surface area contributed by atoms with Gasteiger partial charge >= 0.3 is 24.3 Å². The molecule has 0 atom stereocenters. The highest BCUT2D eigenvalue weighted by Crippen LogP contribution is 2.18. The molecule has 220 valence electrons. The quantitative estimate of drug-likeness (QED) is 0.227. The molecule has 0 saturated heterocycles. The molecular formula is C20H20F6N6O8. The second kappa shape index (κ2) is 14.6. The van der Waals surface area contributed by atoms with E-state index in [-0.39, 0.29) is 11.4 Å². The number of carboxylic acids is 2. The highest BCUT2D eigenvalue weighted by molar-refractivity contribution is 5.73. The van der Waals surface area contributed by atoms with Crippen molar-refractivity contribution in [3.63, 3.8) is 0 Å². The van der Waals surface area contributed by atoms with Gasteiger partial charge in [-0.1, -0.05) is 0 Å². The van der Waals surface area contributed by atoms with Crippen LogP contribution in [-0.4, -0.2) is 67.4 Å². The van der Waals surface area contributed by atoms with Crippen molar-refractivity contribution in [2.75, 3.05) is 13.1 Å². The number of fused-ring (bicyclic) bond motifs is 2. The summed E-state index contributed by atoms with van der Waals surface area (Å²) in [4.78, 5) is 45.9. The summed E-state index contributed by atoms with van der Waals surface area (Å²) in [7, 11) is 0. The molecule has 2 aromatic heterocycles. The molecule has 40 heavy (non-hydrogen) atoms. The molecule has 0 saturated carbocycles. The van der Waals surface area contributed by atoms with E-state index >= 15 is 0 Å². The van der Waals surface area contributed by atoms with Crippen LogP contribution in [0, 0.1) is 20.2 Å². The summed E-state index contributed by atoms with van der Waals surface area (Å²) in [6, 6.07) is 3.18. The Kier molecular flexibility index (Phi) is 12.3. The van der Waals surface area contributed by atoms with Crippen LogP contribution in [0.2, 0.25) is 0 Å². The lowest BCUT2D eigenvalue weighted by atomic mass is 10.1. The summed E-state index contributed by atoms with van der Waals surface area (Å²) in [6.45, 7) is 3.17. The molecule has 0 bridgehead atoms. The van der Waals surface area contributed by atoms with Crippen molar-refractivity contribution in [3.8, 4) is 0 Å². The van der Waals surface area contributed by atoms with E-state index in [1.54, 1.807) is 12.1 Å². The van der Waals surface area contributed by atoms with Crippen molar-refractivity contribution in [1.82, 2.24) is 20.6 Å². The van der Waals surface area contributed by atoms with Gasteiger partial charge in [-0.2, -0.15) is 26.3 Å². The van der Waals surface area contributed by atoms with E-state index in [1.807, 2.05) is 0 Å². The average Bonchev–Trinajstić information content (AvgIpc) is 2.88. The van der Waals surface area contributed by atoms with Gasteiger partial charge in [0.15, 0.2) is 0 Å². The monoisotopic (exact) mass is 586 g/mol. The molecule has 0 aromatic carbocycles. The predicted molar refractivity (Wildman–Crippen MR) is 120 cm³/mol. The number of hydrogen-bond donors (Lipinski definition) is 4. The van der Waals surface area contributed by atoms with Crippen LogP contribution in [0.15, 0.2) is 24.5 Å². The summed E-state index contributed by atoms with van der Waals surface area (Å²) in [6.07, 6.45) is -5.81. The smallest absolute Gasteiger partial charge is 0.475 e. The highest BCUT2D eigenvalue weighted by Gasteiger charge is 2.38. The fraction of sp³-hybridized carbons (Fsp3) is 0.400. The van der Waals surface area contributed by atoms with Crippen LogP contribution in [0.3, 0.4) is 0 Å². The number of pyridine rings is 2. The van der Waals surface area contributed by atoms with Crippen molar-refractivity contribution >= 4 is 23.3 Å². The zero-order chi connectivity index (χ0) is 30.7. The van der Waals surface area contributed by atoms with Gasteiger partial charge in [-0.05, 0) is 11.1 Å². The lowest BCUT2D eigenvalue weighted by Crippen LogP contribution is -2.24. The van der Waals surface area contributed by atoms with Gasteiger partial charge in [-0.15, -0.1) is 0 Å². The number of halogens is 6. The predicted octanol–water partition coefficient (Wildman–Crippen LogP) is 2.54. The van der Waals surface area contributed by atoms with Crippen molar-refractivity contribution in [2.45, 2.75) is 38.3 Å². The van der Waals surface area contributed by atoms with Gasteiger partial charge in [0.25, 0.3) is 11.4 Å². The van der Waals surface area contributed by atoms with Gasteiger partial charge in [-0.25, -0.2) is 9.59 Å². The summed E-state index contributed by atoms with van der Waals surface area (Å²) in [5, 5.41) is 41.4. The van der Waals surface area contributed by atoms with E-state index in [0.29, 0.717) is 13.1 Å². The van der Waals surface area contributed by atoms with Crippen molar-refractivity contribution < 1.29 is 56.0 Å². The van der Waals surface area contributed by atoms with Gasteiger partial charge in [0.05, 0.1) is 9.85 Å².